The lowest BCUT2D eigenvalue weighted by Crippen LogP contribution is -2.26. The minimum absolute atomic E-state index is 0.00927. The van der Waals surface area contributed by atoms with Crippen LogP contribution in [0.5, 0.6) is 5.75 Å². The quantitative estimate of drug-likeness (QED) is 0.460. The summed E-state index contributed by atoms with van der Waals surface area (Å²) in [6, 6.07) is 17.2. The second-order valence-corrected chi connectivity index (χ2v) is 8.77. The van der Waals surface area contributed by atoms with Crippen LogP contribution in [-0.2, 0) is 20.6 Å². The summed E-state index contributed by atoms with van der Waals surface area (Å²) in [5, 5.41) is 0. The minimum Gasteiger partial charge on any atom is -0.465 e. The van der Waals surface area contributed by atoms with E-state index in [1.807, 2.05) is 12.1 Å². The first-order valence-corrected chi connectivity index (χ1v) is 12.0. The van der Waals surface area contributed by atoms with Crippen LogP contribution in [0.1, 0.15) is 63.9 Å². The number of benzene rings is 2. The number of aryl methyl sites for hydroxylation is 1. The fraction of sp³-hybridized carbons (Fsp3) is 0.556. The van der Waals surface area contributed by atoms with Gasteiger partial charge < -0.3 is 18.9 Å². The van der Waals surface area contributed by atoms with Gasteiger partial charge in [0.25, 0.3) is 0 Å². The maximum absolute atomic E-state index is 6.02. The largest absolute Gasteiger partial charge is 0.465 e. The monoisotopic (exact) mass is 424 g/mol. The second kappa shape index (κ2) is 11.7. The molecule has 0 radical (unpaired) electrons. The van der Waals surface area contributed by atoms with Crippen molar-refractivity contribution in [2.75, 3.05) is 13.2 Å². The minimum atomic E-state index is -0.0952. The molecule has 0 aliphatic carbocycles. The zero-order valence-electron chi connectivity index (χ0n) is 18.8. The van der Waals surface area contributed by atoms with Gasteiger partial charge in [-0.3, -0.25) is 0 Å². The first kappa shape index (κ1) is 22.3. The van der Waals surface area contributed by atoms with Gasteiger partial charge in [0.2, 0.25) is 0 Å². The van der Waals surface area contributed by atoms with Crippen LogP contribution in [0, 0.1) is 0 Å². The van der Waals surface area contributed by atoms with Crippen LogP contribution in [0.4, 0.5) is 0 Å². The summed E-state index contributed by atoms with van der Waals surface area (Å²) >= 11 is 0. The Kier molecular flexibility index (Phi) is 8.39. The molecule has 2 fully saturated rings. The maximum Gasteiger partial charge on any atom is 0.199 e. The third kappa shape index (κ3) is 7.06. The van der Waals surface area contributed by atoms with Gasteiger partial charge in [0, 0.05) is 13.0 Å². The fourth-order valence-electron chi connectivity index (χ4n) is 4.29. The highest BCUT2D eigenvalue weighted by Crippen LogP contribution is 2.25. The van der Waals surface area contributed by atoms with Gasteiger partial charge in [-0.05, 0) is 87.1 Å². The van der Waals surface area contributed by atoms with E-state index in [2.05, 4.69) is 43.3 Å². The normalized spacial score (nSPS) is 22.7. The van der Waals surface area contributed by atoms with E-state index in [0.717, 1.165) is 63.9 Å². The average molecular weight is 425 g/mol. The van der Waals surface area contributed by atoms with Crippen LogP contribution in [0.25, 0.3) is 11.1 Å². The van der Waals surface area contributed by atoms with Gasteiger partial charge in [0.05, 0.1) is 12.7 Å². The highest BCUT2D eigenvalue weighted by Gasteiger charge is 2.17. The zero-order valence-corrected chi connectivity index (χ0v) is 18.8. The Hall–Kier alpha value is -1.88. The Balaban J connectivity index is 1.21. The lowest BCUT2D eigenvalue weighted by Gasteiger charge is -2.26. The predicted molar refractivity (Wildman–Crippen MR) is 123 cm³/mol. The third-order valence-electron chi connectivity index (χ3n) is 6.15. The third-order valence-corrected chi connectivity index (χ3v) is 6.15. The molecule has 0 spiro atoms. The van der Waals surface area contributed by atoms with Gasteiger partial charge in [-0.2, -0.15) is 0 Å². The lowest BCUT2D eigenvalue weighted by atomic mass is 10.0. The highest BCUT2D eigenvalue weighted by molar-refractivity contribution is 5.64. The van der Waals surface area contributed by atoms with Crippen molar-refractivity contribution in [2.24, 2.45) is 0 Å². The Morgan fingerprint density at radius 2 is 1.42 bits per heavy atom. The Morgan fingerprint density at radius 1 is 0.806 bits per heavy atom. The van der Waals surface area contributed by atoms with Gasteiger partial charge in [0.15, 0.2) is 12.6 Å². The van der Waals surface area contributed by atoms with Crippen LogP contribution < -0.4 is 4.74 Å². The smallest absolute Gasteiger partial charge is 0.199 e. The summed E-state index contributed by atoms with van der Waals surface area (Å²) in [5.41, 5.74) is 3.81. The molecule has 4 heteroatoms. The van der Waals surface area contributed by atoms with Gasteiger partial charge in [0.1, 0.15) is 5.75 Å². The molecule has 0 N–H and O–H groups in total. The second-order valence-electron chi connectivity index (χ2n) is 8.77. The van der Waals surface area contributed by atoms with Crippen molar-refractivity contribution in [3.8, 4) is 16.9 Å². The lowest BCUT2D eigenvalue weighted by molar-refractivity contribution is -0.185. The molecule has 2 aliphatic rings. The molecule has 0 saturated carbocycles. The molecule has 31 heavy (non-hydrogen) atoms. The molecular weight excluding hydrogens is 388 g/mol. The summed E-state index contributed by atoms with van der Waals surface area (Å²) in [7, 11) is 0. The van der Waals surface area contributed by atoms with E-state index < -0.39 is 0 Å². The van der Waals surface area contributed by atoms with Crippen molar-refractivity contribution in [2.45, 2.75) is 83.4 Å². The zero-order chi connectivity index (χ0) is 21.3. The van der Waals surface area contributed by atoms with Gasteiger partial charge in [-0.25, -0.2) is 0 Å². The predicted octanol–water partition coefficient (Wildman–Crippen LogP) is 6.51. The van der Waals surface area contributed by atoms with Crippen LogP contribution in [0.15, 0.2) is 48.5 Å². The molecule has 168 valence electrons. The molecule has 0 aromatic heterocycles. The van der Waals surface area contributed by atoms with Crippen LogP contribution >= 0.6 is 0 Å². The van der Waals surface area contributed by atoms with Crippen LogP contribution in [0.3, 0.4) is 0 Å². The van der Waals surface area contributed by atoms with Crippen molar-refractivity contribution in [3.05, 3.63) is 54.1 Å². The van der Waals surface area contributed by atoms with Crippen molar-refractivity contribution in [1.82, 2.24) is 0 Å². The SMILES string of the molecule is CC(CCCc1ccc(-c2ccc(OC3CCCCO3)cc2)cc1)OC1CCCCO1. The summed E-state index contributed by atoms with van der Waals surface area (Å²) in [4.78, 5) is 0. The summed E-state index contributed by atoms with van der Waals surface area (Å²) < 4.78 is 23.3. The molecule has 0 bridgehead atoms. The van der Waals surface area contributed by atoms with E-state index in [0.29, 0.717) is 0 Å². The van der Waals surface area contributed by atoms with Crippen molar-refractivity contribution in [3.63, 3.8) is 0 Å². The van der Waals surface area contributed by atoms with Crippen molar-refractivity contribution in [1.29, 1.82) is 0 Å². The van der Waals surface area contributed by atoms with E-state index in [9.17, 15) is 0 Å². The van der Waals surface area contributed by atoms with Gasteiger partial charge in [-0.15, -0.1) is 0 Å². The topological polar surface area (TPSA) is 36.9 Å². The van der Waals surface area contributed by atoms with E-state index in [4.69, 9.17) is 18.9 Å². The molecule has 2 saturated heterocycles. The molecule has 2 heterocycles. The first-order chi connectivity index (χ1) is 15.3. The Bertz CT molecular complexity index is 759. The maximum atomic E-state index is 6.02. The average Bonchev–Trinajstić information content (AvgIpc) is 2.81. The first-order valence-electron chi connectivity index (χ1n) is 12.0. The summed E-state index contributed by atoms with van der Waals surface area (Å²) in [6.07, 6.45) is 10.1. The van der Waals surface area contributed by atoms with E-state index >= 15 is 0 Å². The van der Waals surface area contributed by atoms with Gasteiger partial charge >= 0.3 is 0 Å². The number of ether oxygens (including phenoxy) is 4. The molecule has 2 aliphatic heterocycles. The number of hydrogen-bond acceptors (Lipinski definition) is 4. The van der Waals surface area contributed by atoms with Crippen LogP contribution in [-0.4, -0.2) is 31.9 Å². The molecule has 3 atom stereocenters. The molecule has 0 amide bonds. The highest BCUT2D eigenvalue weighted by atomic mass is 16.7. The van der Waals surface area contributed by atoms with E-state index in [1.165, 1.54) is 29.5 Å². The van der Waals surface area contributed by atoms with E-state index in [-0.39, 0.29) is 18.7 Å². The molecule has 3 unspecified atom stereocenters. The molecule has 2 aromatic rings. The molecular formula is C27H36O4. The molecule has 2 aromatic carbocycles. The number of rotatable bonds is 9. The fourth-order valence-corrected chi connectivity index (χ4v) is 4.29. The molecule has 4 nitrogen and oxygen atoms in total. The molecule has 4 rings (SSSR count). The van der Waals surface area contributed by atoms with E-state index in [1.54, 1.807) is 0 Å². The van der Waals surface area contributed by atoms with Crippen molar-refractivity contribution < 1.29 is 18.9 Å². The standard InChI is InChI=1S/C27H36O4/c1-21(30-26-9-2-4-19-28-26)7-6-8-22-11-13-23(14-12-22)24-15-17-25(18-16-24)31-27-10-3-5-20-29-27/h11-18,21,26-27H,2-10,19-20H2,1H3. The Morgan fingerprint density at radius 3 is 2.03 bits per heavy atom. The Labute approximate surface area is 186 Å². The number of hydrogen-bond donors (Lipinski definition) is 0. The summed E-state index contributed by atoms with van der Waals surface area (Å²) in [5.74, 6) is 0.877. The van der Waals surface area contributed by atoms with Crippen LogP contribution in [0.2, 0.25) is 0 Å². The van der Waals surface area contributed by atoms with Gasteiger partial charge in [-0.1, -0.05) is 36.4 Å². The van der Waals surface area contributed by atoms with Crippen molar-refractivity contribution >= 4 is 0 Å². The summed E-state index contributed by atoms with van der Waals surface area (Å²) in [6.45, 7) is 3.80.